The summed E-state index contributed by atoms with van der Waals surface area (Å²) >= 11 is 0. The van der Waals surface area contributed by atoms with Gasteiger partial charge in [0.1, 0.15) is 12.1 Å². The zero-order valence-corrected chi connectivity index (χ0v) is 33.0. The summed E-state index contributed by atoms with van der Waals surface area (Å²) in [6.45, 7) is 16.0. The smallest absolute Gasteiger partial charge is 0.324 e. The summed E-state index contributed by atoms with van der Waals surface area (Å²) in [5.41, 5.74) is 12.6. The number of hydrogen-bond acceptors (Lipinski definition) is 7. The molecule has 6 rings (SSSR count). The topological polar surface area (TPSA) is 115 Å². The summed E-state index contributed by atoms with van der Waals surface area (Å²) in [5.74, 6) is -0.964. The van der Waals surface area contributed by atoms with E-state index in [2.05, 4.69) is 85.5 Å². The molecule has 0 spiro atoms. The number of fused-ring (bicyclic) bond motifs is 6. The minimum atomic E-state index is -0.864. The van der Waals surface area contributed by atoms with Crippen LogP contribution in [-0.2, 0) is 49.9 Å². The summed E-state index contributed by atoms with van der Waals surface area (Å²) in [4.78, 5) is 46.3. The molecule has 10 heteroatoms. The molecule has 2 aromatic heterocycles. The fourth-order valence-electron chi connectivity index (χ4n) is 8.08. The molecule has 0 saturated carbocycles. The molecule has 4 aromatic rings. The molecule has 0 aliphatic carbocycles. The normalized spacial score (nSPS) is 19.5. The second kappa shape index (κ2) is 16.3. The first-order chi connectivity index (χ1) is 25.8. The molecule has 4 heterocycles. The number of aryl methyl sites for hydroxylation is 2. The van der Waals surface area contributed by atoms with Crippen molar-refractivity contribution in [1.29, 1.82) is 0 Å². The Kier molecular flexibility index (Phi) is 11.7. The Hall–Kier alpha value is -4.80. The Morgan fingerprint density at radius 3 is 2.67 bits per heavy atom. The molecule has 54 heavy (non-hydrogen) atoms. The highest BCUT2D eigenvalue weighted by atomic mass is 16.5. The summed E-state index contributed by atoms with van der Waals surface area (Å²) < 4.78 is 14.0. The molecule has 6 bridgehead atoms. The lowest BCUT2D eigenvalue weighted by molar-refractivity contribution is -0.155. The van der Waals surface area contributed by atoms with Gasteiger partial charge in [-0.1, -0.05) is 63.6 Å². The molecule has 0 unspecified atom stereocenters. The van der Waals surface area contributed by atoms with Crippen molar-refractivity contribution in [1.82, 2.24) is 25.3 Å². The third-order valence-corrected chi connectivity index (χ3v) is 10.6. The molecule has 10 nitrogen and oxygen atoms in total. The standard InChI is InChI=1S/C44H55N5O5/c1-9-32(27(3)4)41(50)46-37-22-29-19-28(5)20-31(21-29)30-15-16-39-34(23-30)35(40(48(39)10-2)33-13-11-17-45-38(33)25-53-8)24-44(6,7)26-54-43(52)36-14-12-18-49(47-36)42(37)51/h9,11,13,15-17,19-21,23,27,36-37,47H,10,12,14,18,22,24-26H2,1-8H3,(H,46,50)/b32-9+/t36-,37-/m0/s1. The Labute approximate surface area is 319 Å². The van der Waals surface area contributed by atoms with E-state index in [0.717, 1.165) is 62.2 Å². The fraction of sp³-hybridized carbons (Fsp3) is 0.455. The Morgan fingerprint density at radius 2 is 1.94 bits per heavy atom. The van der Waals surface area contributed by atoms with Crippen molar-refractivity contribution < 1.29 is 23.9 Å². The molecular formula is C44H55N5O5. The number of cyclic esters (lactones) is 1. The van der Waals surface area contributed by atoms with Crippen LogP contribution in [-0.4, -0.2) is 64.7 Å². The van der Waals surface area contributed by atoms with Gasteiger partial charge in [0, 0.05) is 60.3 Å². The fourth-order valence-corrected chi connectivity index (χ4v) is 8.08. The van der Waals surface area contributed by atoms with E-state index in [0.29, 0.717) is 38.0 Å². The lowest BCUT2D eigenvalue weighted by Gasteiger charge is -2.35. The number of hydrazine groups is 1. The number of ether oxygens (including phenoxy) is 2. The van der Waals surface area contributed by atoms with Gasteiger partial charge >= 0.3 is 5.97 Å². The Bertz CT molecular complexity index is 2080. The van der Waals surface area contributed by atoms with Gasteiger partial charge in [0.15, 0.2) is 0 Å². The molecule has 2 N–H and O–H groups in total. The molecule has 2 atom stereocenters. The van der Waals surface area contributed by atoms with Gasteiger partial charge in [-0.3, -0.25) is 24.4 Å². The molecule has 2 aliphatic rings. The van der Waals surface area contributed by atoms with Crippen LogP contribution in [0.1, 0.15) is 76.8 Å². The molecule has 1 saturated heterocycles. The molecular weight excluding hydrogens is 679 g/mol. The number of rotatable bonds is 7. The van der Waals surface area contributed by atoms with E-state index in [9.17, 15) is 14.4 Å². The van der Waals surface area contributed by atoms with Gasteiger partial charge in [-0.25, -0.2) is 5.43 Å². The highest BCUT2D eigenvalue weighted by molar-refractivity contribution is 5.98. The van der Waals surface area contributed by atoms with Crippen molar-refractivity contribution in [2.45, 2.75) is 99.4 Å². The number of esters is 1. The van der Waals surface area contributed by atoms with Crippen molar-refractivity contribution in [3.8, 4) is 22.4 Å². The first kappa shape index (κ1) is 38.9. The molecule has 2 amide bonds. The number of nitrogens with one attached hydrogen (secondary N) is 2. The third kappa shape index (κ3) is 8.15. The predicted molar refractivity (Wildman–Crippen MR) is 212 cm³/mol. The first-order valence-electron chi connectivity index (χ1n) is 19.2. The number of benzene rings is 2. The quantitative estimate of drug-likeness (QED) is 0.154. The molecule has 286 valence electrons. The Balaban J connectivity index is 1.54. The average molecular weight is 734 g/mol. The molecule has 2 aromatic carbocycles. The number of nitrogens with zero attached hydrogens (tertiary/aromatic N) is 3. The molecule has 2 aliphatic heterocycles. The zero-order valence-electron chi connectivity index (χ0n) is 33.0. The number of aromatic nitrogens is 2. The van der Waals surface area contributed by atoms with E-state index in [4.69, 9.17) is 14.5 Å². The number of amides is 2. The number of pyridine rings is 1. The van der Waals surface area contributed by atoms with Gasteiger partial charge in [0.2, 0.25) is 5.91 Å². The van der Waals surface area contributed by atoms with Gasteiger partial charge in [-0.15, -0.1) is 0 Å². The number of carbonyl (C=O) groups excluding carboxylic acids is 3. The van der Waals surface area contributed by atoms with Crippen LogP contribution in [0.3, 0.4) is 0 Å². The highest BCUT2D eigenvalue weighted by Gasteiger charge is 2.35. The number of allylic oxidation sites excluding steroid dienone is 1. The summed E-state index contributed by atoms with van der Waals surface area (Å²) in [6.07, 6.45) is 5.68. The monoisotopic (exact) mass is 733 g/mol. The summed E-state index contributed by atoms with van der Waals surface area (Å²) in [7, 11) is 1.69. The van der Waals surface area contributed by atoms with Gasteiger partial charge in [0.05, 0.1) is 24.6 Å². The van der Waals surface area contributed by atoms with Crippen LogP contribution in [0.2, 0.25) is 0 Å². The summed E-state index contributed by atoms with van der Waals surface area (Å²) in [6, 6.07) is 15.5. The number of carbonyl (C=O) groups is 3. The van der Waals surface area contributed by atoms with Gasteiger partial charge in [-0.05, 0) is 92.5 Å². The van der Waals surface area contributed by atoms with Gasteiger partial charge in [-0.2, -0.15) is 0 Å². The van der Waals surface area contributed by atoms with Crippen LogP contribution in [0.5, 0.6) is 0 Å². The van der Waals surface area contributed by atoms with Crippen LogP contribution < -0.4 is 10.7 Å². The van der Waals surface area contributed by atoms with Gasteiger partial charge in [0.25, 0.3) is 5.91 Å². The second-order valence-corrected chi connectivity index (χ2v) is 15.8. The number of hydrogen-bond donors (Lipinski definition) is 2. The van der Waals surface area contributed by atoms with Crippen molar-refractivity contribution in [3.63, 3.8) is 0 Å². The van der Waals surface area contributed by atoms with E-state index in [-0.39, 0.29) is 30.8 Å². The lowest BCUT2D eigenvalue weighted by Crippen LogP contribution is -2.60. The van der Waals surface area contributed by atoms with Crippen LogP contribution >= 0.6 is 0 Å². The predicted octanol–water partition coefficient (Wildman–Crippen LogP) is 7.10. The number of methoxy groups -OCH3 is 1. The molecule has 0 radical (unpaired) electrons. The van der Waals surface area contributed by atoms with Crippen molar-refractivity contribution in [2.75, 3.05) is 20.3 Å². The van der Waals surface area contributed by atoms with E-state index in [1.807, 2.05) is 26.8 Å². The summed E-state index contributed by atoms with van der Waals surface area (Å²) in [5, 5.41) is 5.69. The van der Waals surface area contributed by atoms with Gasteiger partial charge < -0.3 is 19.4 Å². The average Bonchev–Trinajstić information content (AvgIpc) is 3.44. The minimum absolute atomic E-state index is 0.0148. The van der Waals surface area contributed by atoms with E-state index in [1.165, 1.54) is 5.01 Å². The maximum atomic E-state index is 14.3. The van der Waals surface area contributed by atoms with Crippen LogP contribution in [0.15, 0.2) is 66.4 Å². The second-order valence-electron chi connectivity index (χ2n) is 15.8. The maximum absolute atomic E-state index is 14.3. The Morgan fingerprint density at radius 1 is 1.15 bits per heavy atom. The van der Waals surface area contributed by atoms with Crippen molar-refractivity contribution in [2.24, 2.45) is 11.3 Å². The van der Waals surface area contributed by atoms with Crippen molar-refractivity contribution in [3.05, 3.63) is 88.8 Å². The zero-order chi connectivity index (χ0) is 38.7. The highest BCUT2D eigenvalue weighted by Crippen LogP contribution is 2.41. The SMILES string of the molecule is C/C=C(/C(=O)N[C@H]1Cc2cc(C)cc(c2)-c2ccc3c(c2)c(c(-c2cccnc2COC)n3CC)CC(C)(C)COC(=O)[C@@H]2CCCN(N2)C1=O)C(C)C. The largest absolute Gasteiger partial charge is 0.464 e. The van der Waals surface area contributed by atoms with E-state index >= 15 is 0 Å². The van der Waals surface area contributed by atoms with E-state index in [1.54, 1.807) is 19.4 Å². The van der Waals surface area contributed by atoms with Crippen molar-refractivity contribution >= 4 is 28.7 Å². The molecule has 1 fully saturated rings. The minimum Gasteiger partial charge on any atom is -0.464 e. The van der Waals surface area contributed by atoms with Crippen LogP contribution in [0.25, 0.3) is 33.3 Å². The third-order valence-electron chi connectivity index (χ3n) is 10.6. The van der Waals surface area contributed by atoms with Crippen LogP contribution in [0, 0.1) is 18.3 Å². The first-order valence-corrected chi connectivity index (χ1v) is 19.2. The van der Waals surface area contributed by atoms with Crippen LogP contribution in [0.4, 0.5) is 0 Å². The maximum Gasteiger partial charge on any atom is 0.324 e. The van der Waals surface area contributed by atoms with E-state index < -0.39 is 23.5 Å². The lowest BCUT2D eigenvalue weighted by atomic mass is 9.84.